The normalized spacial score (nSPS) is 15.6. The molecule has 3 rings (SSSR count). The van der Waals surface area contributed by atoms with Crippen molar-refractivity contribution in [2.24, 2.45) is 5.92 Å². The lowest BCUT2D eigenvalue weighted by molar-refractivity contribution is -0.192. The molecule has 11 heteroatoms. The Hall–Kier alpha value is -2.56. The fourth-order valence-corrected chi connectivity index (χ4v) is 2.48. The van der Waals surface area contributed by atoms with Gasteiger partial charge in [0, 0.05) is 6.20 Å². The molecule has 2 aromatic heterocycles. The number of pyridine rings is 1. The molecule has 26 heavy (non-hydrogen) atoms. The van der Waals surface area contributed by atoms with Gasteiger partial charge in [-0.3, -0.25) is 0 Å². The van der Waals surface area contributed by atoms with Crippen LogP contribution in [0.5, 0.6) is 0 Å². The van der Waals surface area contributed by atoms with Crippen LogP contribution in [0.2, 0.25) is 0 Å². The molecule has 0 radical (unpaired) electrons. The van der Waals surface area contributed by atoms with Crippen LogP contribution in [-0.4, -0.2) is 44.3 Å². The summed E-state index contributed by atoms with van der Waals surface area (Å²) in [5.74, 6) is -2.69. The number of alkyl halides is 3. The Morgan fingerprint density at radius 1 is 1.42 bits per heavy atom. The van der Waals surface area contributed by atoms with Crippen LogP contribution in [-0.2, 0) is 4.79 Å². The van der Waals surface area contributed by atoms with Crippen LogP contribution in [0.4, 0.5) is 17.6 Å². The Kier molecular flexibility index (Phi) is 6.24. The minimum atomic E-state index is -5.08. The van der Waals surface area contributed by atoms with E-state index in [2.05, 4.69) is 20.6 Å². The topological polar surface area (TPSA) is 92.9 Å². The molecule has 1 atom stereocenters. The molecular weight excluding hydrogens is 358 g/mol. The molecule has 1 unspecified atom stereocenters. The van der Waals surface area contributed by atoms with E-state index in [-0.39, 0.29) is 6.04 Å². The molecule has 1 saturated carbocycles. The molecule has 2 aromatic rings. The first-order valence-corrected chi connectivity index (χ1v) is 7.74. The Morgan fingerprint density at radius 3 is 2.54 bits per heavy atom. The van der Waals surface area contributed by atoms with Crippen LogP contribution >= 0.6 is 0 Å². The molecule has 0 aliphatic heterocycles. The molecule has 0 spiro atoms. The molecule has 1 fully saturated rings. The zero-order valence-electron chi connectivity index (χ0n) is 13.7. The van der Waals surface area contributed by atoms with E-state index >= 15 is 0 Å². The summed E-state index contributed by atoms with van der Waals surface area (Å²) in [7, 11) is 1.92. The summed E-state index contributed by atoms with van der Waals surface area (Å²) in [6, 6.07) is 3.52. The Bertz CT molecular complexity index is 746. The van der Waals surface area contributed by atoms with Crippen molar-refractivity contribution < 1.29 is 27.5 Å². The fourth-order valence-electron chi connectivity index (χ4n) is 2.48. The van der Waals surface area contributed by atoms with Crippen LogP contribution in [0, 0.1) is 11.9 Å². The smallest absolute Gasteiger partial charge is 0.475 e. The monoisotopic (exact) mass is 375 g/mol. The molecule has 0 amide bonds. The third-order valence-corrected chi connectivity index (χ3v) is 3.99. The molecule has 142 valence electrons. The van der Waals surface area contributed by atoms with Crippen LogP contribution in [0.1, 0.15) is 31.0 Å². The Morgan fingerprint density at radius 2 is 2.08 bits per heavy atom. The summed E-state index contributed by atoms with van der Waals surface area (Å²) in [6.07, 6.45) is 1.80. The van der Waals surface area contributed by atoms with E-state index in [1.165, 1.54) is 30.1 Å². The standard InChI is InChI=1S/C13H16FN5.C2HF3O2/c1-15-12(9-4-2-5-9)10-8-19(18-17-10)11-6-3-7-16-13(11)14;3-2(4,5)1(6)7/h3,6-9,12,15H,2,4-5H2,1H3;(H,6,7). The van der Waals surface area contributed by atoms with Crippen molar-refractivity contribution in [3.05, 3.63) is 36.2 Å². The van der Waals surface area contributed by atoms with Gasteiger partial charge in [-0.2, -0.15) is 17.6 Å². The number of rotatable bonds is 4. The van der Waals surface area contributed by atoms with E-state index in [1.54, 1.807) is 18.3 Å². The largest absolute Gasteiger partial charge is 0.490 e. The first kappa shape index (κ1) is 19.8. The van der Waals surface area contributed by atoms with Crippen molar-refractivity contribution in [1.29, 1.82) is 0 Å². The number of hydrogen-bond donors (Lipinski definition) is 2. The van der Waals surface area contributed by atoms with E-state index in [1.807, 2.05) is 7.05 Å². The minimum Gasteiger partial charge on any atom is -0.475 e. The number of nitrogens with zero attached hydrogens (tertiary/aromatic N) is 4. The third-order valence-electron chi connectivity index (χ3n) is 3.99. The van der Waals surface area contributed by atoms with E-state index in [0.717, 1.165) is 5.69 Å². The van der Waals surface area contributed by atoms with E-state index in [0.29, 0.717) is 11.6 Å². The average molecular weight is 375 g/mol. The van der Waals surface area contributed by atoms with Crippen LogP contribution < -0.4 is 5.32 Å². The number of halogens is 4. The predicted molar refractivity (Wildman–Crippen MR) is 81.9 cm³/mol. The van der Waals surface area contributed by atoms with Crippen molar-refractivity contribution in [3.8, 4) is 5.69 Å². The molecule has 0 saturated heterocycles. The SMILES string of the molecule is CNC(c1cn(-c2cccnc2F)nn1)C1CCC1.O=C(O)C(F)(F)F. The van der Waals surface area contributed by atoms with Gasteiger partial charge in [-0.05, 0) is 37.9 Å². The van der Waals surface area contributed by atoms with Gasteiger partial charge in [0.2, 0.25) is 5.95 Å². The number of carboxylic acid groups (broad SMARTS) is 1. The van der Waals surface area contributed by atoms with Crippen molar-refractivity contribution in [1.82, 2.24) is 25.3 Å². The van der Waals surface area contributed by atoms with Gasteiger partial charge < -0.3 is 10.4 Å². The number of aliphatic carboxylic acids is 1. The second-order valence-electron chi connectivity index (χ2n) is 5.66. The lowest BCUT2D eigenvalue weighted by Crippen LogP contribution is -2.30. The van der Waals surface area contributed by atoms with Crippen molar-refractivity contribution >= 4 is 5.97 Å². The molecule has 2 heterocycles. The summed E-state index contributed by atoms with van der Waals surface area (Å²) in [5.41, 5.74) is 1.18. The molecular formula is C15H17F4N5O2. The highest BCUT2D eigenvalue weighted by Gasteiger charge is 2.38. The lowest BCUT2D eigenvalue weighted by atomic mass is 9.79. The van der Waals surface area contributed by atoms with Crippen molar-refractivity contribution in [2.45, 2.75) is 31.5 Å². The molecule has 1 aliphatic carbocycles. The zero-order valence-corrected chi connectivity index (χ0v) is 13.7. The van der Waals surface area contributed by atoms with Gasteiger partial charge in [-0.15, -0.1) is 5.10 Å². The molecule has 1 aliphatic rings. The number of aromatic nitrogens is 4. The Labute approximate surface area is 146 Å². The second kappa shape index (κ2) is 8.21. The van der Waals surface area contributed by atoms with Crippen LogP contribution in [0.3, 0.4) is 0 Å². The number of carboxylic acids is 1. The number of hydrogen-bond acceptors (Lipinski definition) is 5. The first-order chi connectivity index (χ1) is 12.2. The van der Waals surface area contributed by atoms with Crippen molar-refractivity contribution in [2.75, 3.05) is 7.05 Å². The van der Waals surface area contributed by atoms with Gasteiger partial charge >= 0.3 is 12.1 Å². The molecule has 0 bridgehead atoms. The highest BCUT2D eigenvalue weighted by Crippen LogP contribution is 2.36. The van der Waals surface area contributed by atoms with Crippen LogP contribution in [0.15, 0.2) is 24.5 Å². The minimum absolute atomic E-state index is 0.197. The summed E-state index contributed by atoms with van der Waals surface area (Å²) in [4.78, 5) is 12.5. The summed E-state index contributed by atoms with van der Waals surface area (Å²) in [5, 5.41) is 18.6. The van der Waals surface area contributed by atoms with Gasteiger partial charge in [0.15, 0.2) is 0 Å². The molecule has 2 N–H and O–H groups in total. The number of carbonyl (C=O) groups is 1. The maximum absolute atomic E-state index is 13.6. The maximum Gasteiger partial charge on any atom is 0.490 e. The van der Waals surface area contributed by atoms with Gasteiger partial charge in [-0.1, -0.05) is 11.6 Å². The second-order valence-corrected chi connectivity index (χ2v) is 5.66. The molecule has 7 nitrogen and oxygen atoms in total. The summed E-state index contributed by atoms with van der Waals surface area (Å²) >= 11 is 0. The zero-order chi connectivity index (χ0) is 19.3. The van der Waals surface area contributed by atoms with E-state index in [4.69, 9.17) is 9.90 Å². The van der Waals surface area contributed by atoms with Gasteiger partial charge in [0.1, 0.15) is 11.4 Å². The highest BCUT2D eigenvalue weighted by molar-refractivity contribution is 5.73. The third kappa shape index (κ3) is 4.75. The van der Waals surface area contributed by atoms with Gasteiger partial charge in [0.25, 0.3) is 0 Å². The molecule has 0 aromatic carbocycles. The van der Waals surface area contributed by atoms with Crippen molar-refractivity contribution in [3.63, 3.8) is 0 Å². The fraction of sp³-hybridized carbons (Fsp3) is 0.467. The highest BCUT2D eigenvalue weighted by atomic mass is 19.4. The quantitative estimate of drug-likeness (QED) is 0.630. The van der Waals surface area contributed by atoms with Crippen LogP contribution in [0.25, 0.3) is 5.69 Å². The van der Waals surface area contributed by atoms with Gasteiger partial charge in [0.05, 0.1) is 12.2 Å². The lowest BCUT2D eigenvalue weighted by Gasteiger charge is -2.32. The summed E-state index contributed by atoms with van der Waals surface area (Å²) in [6.45, 7) is 0. The maximum atomic E-state index is 13.6. The van der Waals surface area contributed by atoms with E-state index in [9.17, 15) is 17.6 Å². The number of nitrogens with one attached hydrogen (secondary N) is 1. The van der Waals surface area contributed by atoms with E-state index < -0.39 is 18.1 Å². The average Bonchev–Trinajstić information content (AvgIpc) is 3.00. The Balaban J connectivity index is 0.000000298. The predicted octanol–water partition coefficient (Wildman–Crippen LogP) is 2.50. The summed E-state index contributed by atoms with van der Waals surface area (Å²) < 4.78 is 46.8. The van der Waals surface area contributed by atoms with Gasteiger partial charge in [-0.25, -0.2) is 14.5 Å². The first-order valence-electron chi connectivity index (χ1n) is 7.74.